The lowest BCUT2D eigenvalue weighted by molar-refractivity contribution is 0.208. The molecule has 154 valence electrons. The average molecular weight is 422 g/mol. The molecule has 0 radical (unpaired) electrons. The molecule has 0 spiro atoms. The van der Waals surface area contributed by atoms with E-state index in [-0.39, 0.29) is 6.03 Å². The summed E-state index contributed by atoms with van der Waals surface area (Å²) in [6.45, 7) is 3.40. The Morgan fingerprint density at radius 1 is 0.900 bits per heavy atom. The van der Waals surface area contributed by atoms with Gasteiger partial charge in [0.1, 0.15) is 12.4 Å². The number of carbonyl (C=O) groups excluding carboxylic acids is 1. The molecule has 4 rings (SSSR count). The van der Waals surface area contributed by atoms with Gasteiger partial charge in [0, 0.05) is 42.6 Å². The molecule has 1 saturated heterocycles. The van der Waals surface area contributed by atoms with Crippen molar-refractivity contribution < 1.29 is 9.53 Å². The van der Waals surface area contributed by atoms with Gasteiger partial charge in [-0.1, -0.05) is 48.0 Å². The van der Waals surface area contributed by atoms with Crippen LogP contribution in [0.5, 0.6) is 5.75 Å². The first-order chi connectivity index (χ1) is 14.7. The number of nitrogens with one attached hydrogen (secondary N) is 1. The van der Waals surface area contributed by atoms with Crippen molar-refractivity contribution in [2.45, 2.75) is 6.61 Å². The van der Waals surface area contributed by atoms with E-state index in [1.807, 2.05) is 83.8 Å². The van der Waals surface area contributed by atoms with Crippen molar-refractivity contribution in [3.63, 3.8) is 0 Å². The molecule has 0 aromatic heterocycles. The van der Waals surface area contributed by atoms with Gasteiger partial charge in [0.25, 0.3) is 0 Å². The predicted molar refractivity (Wildman–Crippen MR) is 121 cm³/mol. The third kappa shape index (κ3) is 5.24. The number of halogens is 1. The highest BCUT2D eigenvalue weighted by Gasteiger charge is 2.21. The first kappa shape index (κ1) is 20.1. The zero-order chi connectivity index (χ0) is 20.8. The minimum Gasteiger partial charge on any atom is -0.489 e. The second-order valence-electron chi connectivity index (χ2n) is 7.18. The Balaban J connectivity index is 1.26. The van der Waals surface area contributed by atoms with Crippen molar-refractivity contribution in [2.24, 2.45) is 0 Å². The maximum absolute atomic E-state index is 12.6. The topological polar surface area (TPSA) is 44.8 Å². The van der Waals surface area contributed by atoms with Gasteiger partial charge in [0.05, 0.1) is 0 Å². The molecule has 30 heavy (non-hydrogen) atoms. The molecule has 3 aromatic carbocycles. The summed E-state index contributed by atoms with van der Waals surface area (Å²) in [6.07, 6.45) is 0. The molecule has 2 amide bonds. The van der Waals surface area contributed by atoms with Crippen molar-refractivity contribution in [2.75, 3.05) is 36.4 Å². The van der Waals surface area contributed by atoms with Gasteiger partial charge in [0.2, 0.25) is 0 Å². The summed E-state index contributed by atoms with van der Waals surface area (Å²) >= 11 is 6.09. The first-order valence-corrected chi connectivity index (χ1v) is 10.4. The van der Waals surface area contributed by atoms with Crippen LogP contribution in [-0.2, 0) is 6.61 Å². The van der Waals surface area contributed by atoms with Gasteiger partial charge in [0.15, 0.2) is 0 Å². The fourth-order valence-electron chi connectivity index (χ4n) is 3.42. The number of piperazine rings is 1. The number of amides is 2. The van der Waals surface area contributed by atoms with Crippen LogP contribution in [0.25, 0.3) is 0 Å². The SMILES string of the molecule is O=C(Nc1ccc(OCc2ccccc2)cc1)N1CCN(c2cccc(Cl)c2)CC1. The molecule has 6 heteroatoms. The van der Waals surface area contributed by atoms with E-state index in [1.165, 1.54) is 0 Å². The lowest BCUT2D eigenvalue weighted by Crippen LogP contribution is -2.50. The smallest absolute Gasteiger partial charge is 0.321 e. The predicted octanol–water partition coefficient (Wildman–Crippen LogP) is 5.27. The molecule has 5 nitrogen and oxygen atoms in total. The molecule has 1 N–H and O–H groups in total. The summed E-state index contributed by atoms with van der Waals surface area (Å²) in [4.78, 5) is 16.7. The van der Waals surface area contributed by atoms with Gasteiger partial charge in [-0.25, -0.2) is 4.79 Å². The molecule has 0 saturated carbocycles. The van der Waals surface area contributed by atoms with Gasteiger partial charge in [-0.2, -0.15) is 0 Å². The third-order valence-electron chi connectivity index (χ3n) is 5.09. The molecule has 0 aliphatic carbocycles. The average Bonchev–Trinajstić information content (AvgIpc) is 2.79. The van der Waals surface area contributed by atoms with Crippen molar-refractivity contribution in [1.29, 1.82) is 0 Å². The Morgan fingerprint density at radius 3 is 2.33 bits per heavy atom. The standard InChI is InChI=1S/C24H24ClN3O2/c25-20-7-4-8-22(17-20)27-13-15-28(16-14-27)24(29)26-21-9-11-23(12-10-21)30-18-19-5-2-1-3-6-19/h1-12,17H,13-16,18H2,(H,26,29). The first-order valence-electron chi connectivity index (χ1n) is 10.0. The number of anilines is 2. The maximum Gasteiger partial charge on any atom is 0.321 e. The number of nitrogens with zero attached hydrogens (tertiary/aromatic N) is 2. The highest BCUT2D eigenvalue weighted by molar-refractivity contribution is 6.30. The van der Waals surface area contributed by atoms with Crippen molar-refractivity contribution >= 4 is 29.0 Å². The van der Waals surface area contributed by atoms with E-state index in [4.69, 9.17) is 16.3 Å². The fourth-order valence-corrected chi connectivity index (χ4v) is 3.60. The highest BCUT2D eigenvalue weighted by Crippen LogP contribution is 2.21. The lowest BCUT2D eigenvalue weighted by atomic mass is 10.2. The van der Waals surface area contributed by atoms with Crippen molar-refractivity contribution in [3.05, 3.63) is 89.4 Å². The van der Waals surface area contributed by atoms with Gasteiger partial charge in [-0.05, 0) is 48.0 Å². The Hall–Kier alpha value is -3.18. The van der Waals surface area contributed by atoms with E-state index in [1.54, 1.807) is 0 Å². The maximum atomic E-state index is 12.6. The van der Waals surface area contributed by atoms with Crippen LogP contribution < -0.4 is 15.0 Å². The zero-order valence-electron chi connectivity index (χ0n) is 16.6. The van der Waals surface area contributed by atoms with E-state index in [0.29, 0.717) is 19.7 Å². The lowest BCUT2D eigenvalue weighted by Gasteiger charge is -2.36. The summed E-state index contributed by atoms with van der Waals surface area (Å²) < 4.78 is 5.79. The van der Waals surface area contributed by atoms with Gasteiger partial charge < -0.3 is 19.9 Å². The largest absolute Gasteiger partial charge is 0.489 e. The molecule has 1 heterocycles. The quantitative estimate of drug-likeness (QED) is 0.610. The molecule has 1 fully saturated rings. The van der Waals surface area contributed by atoms with Crippen LogP contribution >= 0.6 is 11.6 Å². The van der Waals surface area contributed by atoms with Gasteiger partial charge in [-0.15, -0.1) is 0 Å². The van der Waals surface area contributed by atoms with Crippen LogP contribution in [-0.4, -0.2) is 37.1 Å². The summed E-state index contributed by atoms with van der Waals surface area (Å²) in [5.74, 6) is 0.770. The highest BCUT2D eigenvalue weighted by atomic mass is 35.5. The summed E-state index contributed by atoms with van der Waals surface area (Å²) in [6, 6.07) is 25.2. The van der Waals surface area contributed by atoms with Crippen molar-refractivity contribution in [1.82, 2.24) is 4.90 Å². The van der Waals surface area contributed by atoms with Crippen molar-refractivity contribution in [3.8, 4) is 5.75 Å². The molecular formula is C24H24ClN3O2. The number of hydrogen-bond donors (Lipinski definition) is 1. The molecule has 0 unspecified atom stereocenters. The molecule has 1 aliphatic rings. The van der Waals surface area contributed by atoms with Gasteiger partial charge in [-0.3, -0.25) is 0 Å². The molecule has 0 bridgehead atoms. The number of urea groups is 1. The van der Waals surface area contributed by atoms with E-state index < -0.39 is 0 Å². The molecular weight excluding hydrogens is 398 g/mol. The Bertz CT molecular complexity index is 971. The van der Waals surface area contributed by atoms with E-state index in [0.717, 1.165) is 40.8 Å². The third-order valence-corrected chi connectivity index (χ3v) is 5.33. The summed E-state index contributed by atoms with van der Waals surface area (Å²) in [7, 11) is 0. The Labute approximate surface area is 181 Å². The minimum atomic E-state index is -0.0845. The second-order valence-corrected chi connectivity index (χ2v) is 7.62. The van der Waals surface area contributed by atoms with E-state index in [2.05, 4.69) is 10.2 Å². The second kappa shape index (κ2) is 9.55. The molecule has 1 aliphatic heterocycles. The molecule has 3 aromatic rings. The summed E-state index contributed by atoms with van der Waals surface area (Å²) in [5.41, 5.74) is 2.96. The number of carbonyl (C=O) groups is 1. The Morgan fingerprint density at radius 2 is 1.63 bits per heavy atom. The summed E-state index contributed by atoms with van der Waals surface area (Å²) in [5, 5.41) is 3.69. The number of benzene rings is 3. The number of hydrogen-bond acceptors (Lipinski definition) is 3. The minimum absolute atomic E-state index is 0.0845. The van der Waals surface area contributed by atoms with Gasteiger partial charge >= 0.3 is 6.03 Å². The normalized spacial score (nSPS) is 13.8. The van der Waals surface area contributed by atoms with Crippen LogP contribution in [0, 0.1) is 0 Å². The zero-order valence-corrected chi connectivity index (χ0v) is 17.4. The molecule has 0 atom stereocenters. The van der Waals surface area contributed by atoms with Crippen LogP contribution in [0.15, 0.2) is 78.9 Å². The van der Waals surface area contributed by atoms with Crippen LogP contribution in [0.1, 0.15) is 5.56 Å². The van der Waals surface area contributed by atoms with Crippen LogP contribution in [0.4, 0.5) is 16.2 Å². The number of ether oxygens (including phenoxy) is 1. The van der Waals surface area contributed by atoms with Crippen LogP contribution in [0.2, 0.25) is 5.02 Å². The van der Waals surface area contributed by atoms with Crippen LogP contribution in [0.3, 0.4) is 0 Å². The van der Waals surface area contributed by atoms with E-state index in [9.17, 15) is 4.79 Å². The monoisotopic (exact) mass is 421 g/mol. The van der Waals surface area contributed by atoms with E-state index >= 15 is 0 Å². The Kier molecular flexibility index (Phi) is 6.40. The number of rotatable bonds is 5. The fraction of sp³-hybridized carbons (Fsp3) is 0.208.